The van der Waals surface area contributed by atoms with Crippen molar-refractivity contribution in [1.82, 2.24) is 4.98 Å². The molecule has 0 aromatic carbocycles. The maximum atomic E-state index is 9.64. The van der Waals surface area contributed by atoms with E-state index < -0.39 is 12.2 Å². The first-order valence-electron chi connectivity index (χ1n) is 4.52. The van der Waals surface area contributed by atoms with Crippen LogP contribution in [-0.4, -0.2) is 33.0 Å². The first kappa shape index (κ1) is 11.6. The zero-order valence-corrected chi connectivity index (χ0v) is 8.04. The SMILES string of the molecule is N#Cc1cc(C(O)C(O)CCO)ccn1. The number of aliphatic hydroxyl groups is 3. The van der Waals surface area contributed by atoms with Gasteiger partial charge in [0.1, 0.15) is 17.9 Å². The van der Waals surface area contributed by atoms with Crippen LogP contribution < -0.4 is 0 Å². The Morgan fingerprint density at radius 3 is 2.80 bits per heavy atom. The normalized spacial score (nSPS) is 14.3. The van der Waals surface area contributed by atoms with E-state index in [1.165, 1.54) is 18.3 Å². The monoisotopic (exact) mass is 208 g/mol. The summed E-state index contributed by atoms with van der Waals surface area (Å²) in [5.74, 6) is 0. The van der Waals surface area contributed by atoms with Gasteiger partial charge >= 0.3 is 0 Å². The highest BCUT2D eigenvalue weighted by Gasteiger charge is 2.18. The summed E-state index contributed by atoms with van der Waals surface area (Å²) in [6, 6.07) is 4.77. The van der Waals surface area contributed by atoms with Crippen LogP contribution in [0.1, 0.15) is 23.8 Å². The van der Waals surface area contributed by atoms with E-state index in [9.17, 15) is 10.2 Å². The van der Waals surface area contributed by atoms with Gasteiger partial charge in [-0.3, -0.25) is 0 Å². The van der Waals surface area contributed by atoms with E-state index in [-0.39, 0.29) is 18.7 Å². The van der Waals surface area contributed by atoms with E-state index >= 15 is 0 Å². The molecule has 0 spiro atoms. The molecule has 80 valence electrons. The summed E-state index contributed by atoms with van der Waals surface area (Å²) < 4.78 is 0. The fourth-order valence-corrected chi connectivity index (χ4v) is 1.20. The zero-order valence-electron chi connectivity index (χ0n) is 8.04. The molecule has 5 heteroatoms. The number of hydrogen-bond donors (Lipinski definition) is 3. The molecule has 0 radical (unpaired) electrons. The molecule has 3 N–H and O–H groups in total. The highest BCUT2D eigenvalue weighted by molar-refractivity contribution is 5.27. The Morgan fingerprint density at radius 1 is 1.47 bits per heavy atom. The second-order valence-corrected chi connectivity index (χ2v) is 3.11. The molecule has 0 fully saturated rings. The molecule has 0 saturated heterocycles. The van der Waals surface area contributed by atoms with Crippen LogP contribution in [0, 0.1) is 11.3 Å². The maximum absolute atomic E-state index is 9.64. The molecule has 15 heavy (non-hydrogen) atoms. The van der Waals surface area contributed by atoms with Crippen molar-refractivity contribution >= 4 is 0 Å². The smallest absolute Gasteiger partial charge is 0.140 e. The molecule has 2 unspecified atom stereocenters. The lowest BCUT2D eigenvalue weighted by Gasteiger charge is -2.16. The van der Waals surface area contributed by atoms with Crippen molar-refractivity contribution in [1.29, 1.82) is 5.26 Å². The topological polar surface area (TPSA) is 97.4 Å². The fraction of sp³-hybridized carbons (Fsp3) is 0.400. The molecule has 1 rings (SSSR count). The lowest BCUT2D eigenvalue weighted by Crippen LogP contribution is -2.19. The van der Waals surface area contributed by atoms with Crippen molar-refractivity contribution in [3.63, 3.8) is 0 Å². The summed E-state index contributed by atoms with van der Waals surface area (Å²) in [4.78, 5) is 3.74. The van der Waals surface area contributed by atoms with Gasteiger partial charge in [0.25, 0.3) is 0 Å². The summed E-state index contributed by atoms with van der Waals surface area (Å²) in [5.41, 5.74) is 0.602. The van der Waals surface area contributed by atoms with Gasteiger partial charge in [-0.25, -0.2) is 4.98 Å². The largest absolute Gasteiger partial charge is 0.396 e. The third kappa shape index (κ3) is 2.99. The minimum atomic E-state index is -1.10. The molecule has 1 aromatic heterocycles. The minimum absolute atomic E-state index is 0.0887. The molecular weight excluding hydrogens is 196 g/mol. The van der Waals surface area contributed by atoms with Crippen molar-refractivity contribution in [2.45, 2.75) is 18.6 Å². The molecule has 1 aromatic rings. The van der Waals surface area contributed by atoms with Crippen molar-refractivity contribution in [3.05, 3.63) is 29.6 Å². The molecule has 1 heterocycles. The van der Waals surface area contributed by atoms with Gasteiger partial charge < -0.3 is 15.3 Å². The van der Waals surface area contributed by atoms with Crippen LogP contribution in [0.3, 0.4) is 0 Å². The molecule has 2 atom stereocenters. The van der Waals surface area contributed by atoms with E-state index in [0.29, 0.717) is 5.56 Å². The van der Waals surface area contributed by atoms with Crippen molar-refractivity contribution in [2.24, 2.45) is 0 Å². The maximum Gasteiger partial charge on any atom is 0.140 e. The van der Waals surface area contributed by atoms with Crippen molar-refractivity contribution < 1.29 is 15.3 Å². The Labute approximate surface area is 87.3 Å². The number of hydrogen-bond acceptors (Lipinski definition) is 5. The van der Waals surface area contributed by atoms with Gasteiger partial charge in [-0.2, -0.15) is 5.26 Å². The summed E-state index contributed by atoms with van der Waals surface area (Å²) in [6.07, 6.45) is -0.662. The number of pyridine rings is 1. The van der Waals surface area contributed by atoms with E-state index in [0.717, 1.165) is 0 Å². The van der Waals surface area contributed by atoms with Crippen LogP contribution >= 0.6 is 0 Å². The Bertz CT molecular complexity index is 362. The highest BCUT2D eigenvalue weighted by Crippen LogP contribution is 2.18. The second-order valence-electron chi connectivity index (χ2n) is 3.11. The summed E-state index contributed by atoms with van der Waals surface area (Å²) in [7, 11) is 0. The molecule has 0 amide bonds. The van der Waals surface area contributed by atoms with Crippen LogP contribution in [0.25, 0.3) is 0 Å². The second kappa shape index (κ2) is 5.41. The van der Waals surface area contributed by atoms with Gasteiger partial charge in [-0.1, -0.05) is 0 Å². The minimum Gasteiger partial charge on any atom is -0.396 e. The summed E-state index contributed by atoms with van der Waals surface area (Å²) >= 11 is 0. The lowest BCUT2D eigenvalue weighted by molar-refractivity contribution is 0.00416. The van der Waals surface area contributed by atoms with Gasteiger partial charge in [0.15, 0.2) is 0 Å². The van der Waals surface area contributed by atoms with Crippen LogP contribution in [0.15, 0.2) is 18.3 Å². The third-order valence-corrected chi connectivity index (χ3v) is 2.03. The Hall–Kier alpha value is -1.48. The summed E-state index contributed by atoms with van der Waals surface area (Å²) in [6.45, 7) is -0.200. The number of nitriles is 1. The molecule has 0 bridgehead atoms. The number of aromatic nitrogens is 1. The zero-order chi connectivity index (χ0) is 11.3. The van der Waals surface area contributed by atoms with Crippen LogP contribution in [0.5, 0.6) is 0 Å². The third-order valence-electron chi connectivity index (χ3n) is 2.03. The van der Waals surface area contributed by atoms with E-state index in [4.69, 9.17) is 10.4 Å². The molecule has 0 saturated carbocycles. The van der Waals surface area contributed by atoms with E-state index in [1.807, 2.05) is 6.07 Å². The summed E-state index contributed by atoms with van der Waals surface area (Å²) in [5, 5.41) is 36.2. The van der Waals surface area contributed by atoms with E-state index in [1.54, 1.807) is 0 Å². The van der Waals surface area contributed by atoms with Crippen LogP contribution in [0.2, 0.25) is 0 Å². The van der Waals surface area contributed by atoms with Gasteiger partial charge in [0.05, 0.1) is 6.10 Å². The Kier molecular flexibility index (Phi) is 4.18. The average Bonchev–Trinajstić information content (AvgIpc) is 2.28. The standard InChI is InChI=1S/C10H12N2O3/c11-6-8-5-7(1-3-12-8)10(15)9(14)2-4-13/h1,3,5,9-10,13-15H,2,4H2. The van der Waals surface area contributed by atoms with Gasteiger partial charge in [-0.15, -0.1) is 0 Å². The Balaban J connectivity index is 2.82. The van der Waals surface area contributed by atoms with Crippen LogP contribution in [0.4, 0.5) is 0 Å². The highest BCUT2D eigenvalue weighted by atomic mass is 16.3. The lowest BCUT2D eigenvalue weighted by atomic mass is 10.0. The first-order valence-corrected chi connectivity index (χ1v) is 4.52. The number of nitrogens with zero attached hydrogens (tertiary/aromatic N) is 2. The molecule has 0 aliphatic rings. The van der Waals surface area contributed by atoms with Crippen molar-refractivity contribution in [2.75, 3.05) is 6.61 Å². The van der Waals surface area contributed by atoms with Crippen LogP contribution in [-0.2, 0) is 0 Å². The average molecular weight is 208 g/mol. The number of aliphatic hydroxyl groups excluding tert-OH is 3. The molecular formula is C10H12N2O3. The van der Waals surface area contributed by atoms with Gasteiger partial charge in [0.2, 0.25) is 0 Å². The van der Waals surface area contributed by atoms with Gasteiger partial charge in [0, 0.05) is 12.8 Å². The number of rotatable bonds is 4. The Morgan fingerprint density at radius 2 is 2.20 bits per heavy atom. The van der Waals surface area contributed by atoms with E-state index in [2.05, 4.69) is 4.98 Å². The molecule has 5 nitrogen and oxygen atoms in total. The predicted molar refractivity (Wildman–Crippen MR) is 51.6 cm³/mol. The quantitative estimate of drug-likeness (QED) is 0.632. The molecule has 0 aliphatic heterocycles. The first-order chi connectivity index (χ1) is 7.19. The fourth-order valence-electron chi connectivity index (χ4n) is 1.20. The van der Waals surface area contributed by atoms with Gasteiger partial charge in [-0.05, 0) is 24.1 Å². The van der Waals surface area contributed by atoms with Crippen molar-refractivity contribution in [3.8, 4) is 6.07 Å². The molecule has 0 aliphatic carbocycles. The predicted octanol–water partition coefficient (Wildman–Crippen LogP) is -0.270.